The van der Waals surface area contributed by atoms with Crippen molar-refractivity contribution in [2.75, 3.05) is 26.2 Å². The highest BCUT2D eigenvalue weighted by atomic mass is 16.5. The number of ether oxygens (including phenoxy) is 1. The number of hydrogen-bond acceptors (Lipinski definition) is 3. The number of hydrogen-bond donors (Lipinski definition) is 0. The summed E-state index contributed by atoms with van der Waals surface area (Å²) in [4.78, 5) is 28.8. The van der Waals surface area contributed by atoms with Crippen molar-refractivity contribution in [3.8, 4) is 5.75 Å². The molecular formula is C22H26N2O3. The van der Waals surface area contributed by atoms with Crippen molar-refractivity contribution in [3.63, 3.8) is 0 Å². The van der Waals surface area contributed by atoms with Gasteiger partial charge >= 0.3 is 0 Å². The average molecular weight is 366 g/mol. The quantitative estimate of drug-likeness (QED) is 0.836. The van der Waals surface area contributed by atoms with Gasteiger partial charge in [-0.05, 0) is 50.1 Å². The predicted octanol–water partition coefficient (Wildman–Crippen LogP) is 3.06. The minimum absolute atomic E-state index is 0.0161. The molecule has 0 saturated carbocycles. The Bertz CT molecular complexity index is 812. The first kappa shape index (κ1) is 19.0. The maximum atomic E-state index is 12.7. The summed E-state index contributed by atoms with van der Waals surface area (Å²) in [6, 6.07) is 15.1. The molecule has 2 aromatic rings. The minimum atomic E-state index is -0.554. The third kappa shape index (κ3) is 4.30. The molecule has 0 aliphatic carbocycles. The van der Waals surface area contributed by atoms with Crippen LogP contribution in [0.15, 0.2) is 48.5 Å². The summed E-state index contributed by atoms with van der Waals surface area (Å²) in [7, 11) is 0. The fourth-order valence-corrected chi connectivity index (χ4v) is 3.24. The highest BCUT2D eigenvalue weighted by molar-refractivity contribution is 5.94. The van der Waals surface area contributed by atoms with Crippen LogP contribution in [0.4, 0.5) is 0 Å². The fourth-order valence-electron chi connectivity index (χ4n) is 3.24. The molecule has 0 radical (unpaired) electrons. The molecule has 1 aliphatic heterocycles. The third-order valence-electron chi connectivity index (χ3n) is 5.11. The molecule has 5 heteroatoms. The Morgan fingerprint density at radius 3 is 2.19 bits per heavy atom. The van der Waals surface area contributed by atoms with Crippen LogP contribution in [0.1, 0.15) is 28.4 Å². The van der Waals surface area contributed by atoms with Gasteiger partial charge in [0.05, 0.1) is 0 Å². The minimum Gasteiger partial charge on any atom is -0.481 e. The second-order valence-electron chi connectivity index (χ2n) is 6.94. The Morgan fingerprint density at radius 2 is 1.52 bits per heavy atom. The van der Waals surface area contributed by atoms with Crippen molar-refractivity contribution in [1.29, 1.82) is 0 Å². The maximum absolute atomic E-state index is 12.7. The topological polar surface area (TPSA) is 49.9 Å². The Hall–Kier alpha value is -2.82. The molecule has 1 saturated heterocycles. The number of rotatable bonds is 4. The number of amides is 2. The van der Waals surface area contributed by atoms with Crippen LogP contribution in [0, 0.1) is 13.8 Å². The van der Waals surface area contributed by atoms with Gasteiger partial charge in [-0.3, -0.25) is 9.59 Å². The fraction of sp³-hybridized carbons (Fsp3) is 0.364. The van der Waals surface area contributed by atoms with E-state index in [1.807, 2.05) is 62.4 Å². The number of benzene rings is 2. The van der Waals surface area contributed by atoms with E-state index in [4.69, 9.17) is 4.74 Å². The predicted molar refractivity (Wildman–Crippen MR) is 105 cm³/mol. The van der Waals surface area contributed by atoms with Gasteiger partial charge in [0.25, 0.3) is 11.8 Å². The number of aryl methyl sites for hydroxylation is 1. The molecule has 1 heterocycles. The highest BCUT2D eigenvalue weighted by Gasteiger charge is 2.28. The Morgan fingerprint density at radius 1 is 0.889 bits per heavy atom. The van der Waals surface area contributed by atoms with E-state index in [-0.39, 0.29) is 11.8 Å². The Balaban J connectivity index is 1.56. The summed E-state index contributed by atoms with van der Waals surface area (Å²) in [6.45, 7) is 7.93. The van der Waals surface area contributed by atoms with Crippen LogP contribution in [-0.2, 0) is 4.79 Å². The van der Waals surface area contributed by atoms with E-state index in [1.54, 1.807) is 16.7 Å². The molecule has 1 aliphatic rings. The average Bonchev–Trinajstić information content (AvgIpc) is 2.71. The SMILES string of the molecule is Cc1cccc(OC(C)C(=O)N2CCN(C(=O)c3ccccc3)CC2)c1C. The van der Waals surface area contributed by atoms with E-state index in [1.165, 1.54) is 0 Å². The summed E-state index contributed by atoms with van der Waals surface area (Å²) in [5, 5.41) is 0. The first-order valence-corrected chi connectivity index (χ1v) is 9.33. The van der Waals surface area contributed by atoms with E-state index >= 15 is 0 Å². The summed E-state index contributed by atoms with van der Waals surface area (Å²) >= 11 is 0. The molecule has 1 fully saturated rings. The molecular weight excluding hydrogens is 340 g/mol. The summed E-state index contributed by atoms with van der Waals surface area (Å²) in [5.41, 5.74) is 2.87. The van der Waals surface area contributed by atoms with Crippen LogP contribution >= 0.6 is 0 Å². The van der Waals surface area contributed by atoms with E-state index in [9.17, 15) is 9.59 Å². The molecule has 1 unspecified atom stereocenters. The van der Waals surface area contributed by atoms with Gasteiger partial charge in [-0.25, -0.2) is 0 Å². The van der Waals surface area contributed by atoms with Gasteiger partial charge in [0.15, 0.2) is 6.10 Å². The second-order valence-corrected chi connectivity index (χ2v) is 6.94. The Kier molecular flexibility index (Phi) is 5.79. The summed E-state index contributed by atoms with van der Waals surface area (Å²) in [5.74, 6) is 0.721. The lowest BCUT2D eigenvalue weighted by molar-refractivity contribution is -0.139. The molecule has 1 atom stereocenters. The van der Waals surface area contributed by atoms with Crippen LogP contribution in [0.25, 0.3) is 0 Å². The number of piperazine rings is 1. The van der Waals surface area contributed by atoms with Gasteiger partial charge in [-0.1, -0.05) is 30.3 Å². The summed E-state index contributed by atoms with van der Waals surface area (Å²) in [6.07, 6.45) is -0.554. The zero-order valence-corrected chi connectivity index (χ0v) is 16.1. The lowest BCUT2D eigenvalue weighted by Crippen LogP contribution is -2.53. The summed E-state index contributed by atoms with van der Waals surface area (Å²) < 4.78 is 5.91. The molecule has 0 N–H and O–H groups in total. The van der Waals surface area contributed by atoms with Gasteiger partial charge in [-0.2, -0.15) is 0 Å². The largest absolute Gasteiger partial charge is 0.481 e. The number of nitrogens with zero attached hydrogens (tertiary/aromatic N) is 2. The molecule has 5 nitrogen and oxygen atoms in total. The van der Waals surface area contributed by atoms with Crippen molar-refractivity contribution in [3.05, 3.63) is 65.2 Å². The third-order valence-corrected chi connectivity index (χ3v) is 5.11. The van der Waals surface area contributed by atoms with Crippen molar-refractivity contribution in [2.24, 2.45) is 0 Å². The van der Waals surface area contributed by atoms with Crippen LogP contribution in [-0.4, -0.2) is 53.9 Å². The van der Waals surface area contributed by atoms with E-state index < -0.39 is 6.10 Å². The molecule has 2 aromatic carbocycles. The Labute approximate surface area is 160 Å². The molecule has 3 rings (SSSR count). The van der Waals surface area contributed by atoms with Crippen molar-refractivity contribution >= 4 is 11.8 Å². The molecule has 2 amide bonds. The van der Waals surface area contributed by atoms with E-state index in [0.29, 0.717) is 31.7 Å². The smallest absolute Gasteiger partial charge is 0.263 e. The van der Waals surface area contributed by atoms with Crippen molar-refractivity contribution in [1.82, 2.24) is 9.80 Å². The first-order valence-electron chi connectivity index (χ1n) is 9.33. The molecule has 0 aromatic heterocycles. The van der Waals surface area contributed by atoms with Gasteiger partial charge in [0, 0.05) is 31.7 Å². The highest BCUT2D eigenvalue weighted by Crippen LogP contribution is 2.22. The number of carbonyl (C=O) groups is 2. The van der Waals surface area contributed by atoms with Gasteiger partial charge in [0.2, 0.25) is 0 Å². The second kappa shape index (κ2) is 8.25. The maximum Gasteiger partial charge on any atom is 0.263 e. The zero-order chi connectivity index (χ0) is 19.4. The van der Waals surface area contributed by atoms with E-state index in [2.05, 4.69) is 0 Å². The monoisotopic (exact) mass is 366 g/mol. The van der Waals surface area contributed by atoms with Crippen molar-refractivity contribution in [2.45, 2.75) is 26.9 Å². The van der Waals surface area contributed by atoms with Crippen LogP contribution in [0.3, 0.4) is 0 Å². The zero-order valence-electron chi connectivity index (χ0n) is 16.1. The van der Waals surface area contributed by atoms with Gasteiger partial charge in [0.1, 0.15) is 5.75 Å². The molecule has 0 bridgehead atoms. The van der Waals surface area contributed by atoms with Crippen LogP contribution in [0.5, 0.6) is 5.75 Å². The molecule has 0 spiro atoms. The van der Waals surface area contributed by atoms with Gasteiger partial charge < -0.3 is 14.5 Å². The first-order chi connectivity index (χ1) is 13.0. The molecule has 142 valence electrons. The van der Waals surface area contributed by atoms with E-state index in [0.717, 1.165) is 16.9 Å². The number of carbonyl (C=O) groups excluding carboxylic acids is 2. The standard InChI is InChI=1S/C22H26N2O3/c1-16-8-7-11-20(17(16)2)27-18(3)21(25)23-12-14-24(15-13-23)22(26)19-9-5-4-6-10-19/h4-11,18H,12-15H2,1-3H3. The van der Waals surface area contributed by atoms with Crippen LogP contribution in [0.2, 0.25) is 0 Å². The normalized spacial score (nSPS) is 15.4. The lowest BCUT2D eigenvalue weighted by atomic mass is 10.1. The van der Waals surface area contributed by atoms with Crippen LogP contribution < -0.4 is 4.74 Å². The van der Waals surface area contributed by atoms with Crippen molar-refractivity contribution < 1.29 is 14.3 Å². The lowest BCUT2D eigenvalue weighted by Gasteiger charge is -2.36. The van der Waals surface area contributed by atoms with Gasteiger partial charge in [-0.15, -0.1) is 0 Å². The molecule has 27 heavy (non-hydrogen) atoms.